The summed E-state index contributed by atoms with van der Waals surface area (Å²) in [5.41, 5.74) is 3.01. The Morgan fingerprint density at radius 3 is 2.64 bits per heavy atom. The van der Waals surface area contributed by atoms with Gasteiger partial charge in [-0.2, -0.15) is 5.10 Å². The van der Waals surface area contributed by atoms with Gasteiger partial charge in [-0.1, -0.05) is 0 Å². The van der Waals surface area contributed by atoms with E-state index in [0.29, 0.717) is 12.1 Å². The van der Waals surface area contributed by atoms with Gasteiger partial charge in [0.05, 0.1) is 12.3 Å². The molecule has 1 aromatic carbocycles. The summed E-state index contributed by atoms with van der Waals surface area (Å²) >= 11 is 11.9. The highest BCUT2D eigenvalue weighted by molar-refractivity contribution is 6.50. The SMILES string of the molecule is O=C(OC[C@H]1CC1(Cl)Cl)c1nn(-c2ccc(F)cc2)c2c1CCCC2. The zero-order chi connectivity index (χ0) is 17.6. The first-order valence-electron chi connectivity index (χ1n) is 8.37. The molecule has 1 aromatic heterocycles. The maximum absolute atomic E-state index is 13.2. The van der Waals surface area contributed by atoms with E-state index in [0.717, 1.165) is 42.6 Å². The summed E-state index contributed by atoms with van der Waals surface area (Å²) in [6, 6.07) is 6.09. The normalized spacial score (nSPS) is 20.8. The van der Waals surface area contributed by atoms with Gasteiger partial charge in [-0.25, -0.2) is 13.9 Å². The molecule has 0 unspecified atom stereocenters. The van der Waals surface area contributed by atoms with E-state index in [1.54, 1.807) is 16.8 Å². The van der Waals surface area contributed by atoms with Crippen LogP contribution in [0.25, 0.3) is 5.69 Å². The lowest BCUT2D eigenvalue weighted by Gasteiger charge is -2.14. The highest BCUT2D eigenvalue weighted by Crippen LogP contribution is 2.53. The molecule has 0 aliphatic heterocycles. The fourth-order valence-corrected chi connectivity index (χ4v) is 3.75. The monoisotopic (exact) mass is 382 g/mol. The van der Waals surface area contributed by atoms with Crippen LogP contribution in [0.5, 0.6) is 0 Å². The predicted molar refractivity (Wildman–Crippen MR) is 93.0 cm³/mol. The van der Waals surface area contributed by atoms with Crippen molar-refractivity contribution in [2.45, 2.75) is 36.4 Å². The van der Waals surface area contributed by atoms with E-state index in [4.69, 9.17) is 27.9 Å². The lowest BCUT2D eigenvalue weighted by Crippen LogP contribution is -2.13. The number of fused-ring (bicyclic) bond motifs is 1. The molecule has 0 N–H and O–H groups in total. The quantitative estimate of drug-likeness (QED) is 0.586. The van der Waals surface area contributed by atoms with Crippen molar-refractivity contribution in [2.75, 3.05) is 6.61 Å². The Bertz CT molecular complexity index is 817. The van der Waals surface area contributed by atoms with Crippen molar-refractivity contribution >= 4 is 29.2 Å². The number of benzene rings is 1. The molecule has 4 rings (SSSR count). The molecule has 7 heteroatoms. The third-order valence-electron chi connectivity index (χ3n) is 4.82. The molecule has 2 aromatic rings. The average Bonchev–Trinajstić information content (AvgIpc) is 3.03. The van der Waals surface area contributed by atoms with Gasteiger partial charge in [0.15, 0.2) is 5.69 Å². The summed E-state index contributed by atoms with van der Waals surface area (Å²) < 4.78 is 19.5. The predicted octanol–water partition coefficient (Wildman–Crippen LogP) is 4.24. The summed E-state index contributed by atoms with van der Waals surface area (Å²) in [6.07, 6.45) is 4.31. The molecular weight excluding hydrogens is 366 g/mol. The van der Waals surface area contributed by atoms with Gasteiger partial charge >= 0.3 is 5.97 Å². The van der Waals surface area contributed by atoms with Crippen molar-refractivity contribution in [1.82, 2.24) is 9.78 Å². The number of alkyl halides is 2. The Labute approximate surface area is 154 Å². The Kier molecular flexibility index (Phi) is 4.24. The Morgan fingerprint density at radius 1 is 1.28 bits per heavy atom. The third-order valence-corrected chi connectivity index (χ3v) is 5.74. The fraction of sp³-hybridized carbons (Fsp3) is 0.444. The minimum Gasteiger partial charge on any atom is -0.460 e. The van der Waals surface area contributed by atoms with Crippen LogP contribution in [0.3, 0.4) is 0 Å². The van der Waals surface area contributed by atoms with Gasteiger partial charge in [-0.05, 0) is 56.4 Å². The molecule has 25 heavy (non-hydrogen) atoms. The molecule has 4 nitrogen and oxygen atoms in total. The topological polar surface area (TPSA) is 44.1 Å². The number of ether oxygens (including phenoxy) is 1. The molecule has 2 aliphatic rings. The second kappa shape index (κ2) is 6.29. The van der Waals surface area contributed by atoms with Crippen molar-refractivity contribution in [3.05, 3.63) is 47.0 Å². The molecule has 1 fully saturated rings. The first kappa shape index (κ1) is 16.9. The van der Waals surface area contributed by atoms with E-state index in [2.05, 4.69) is 5.10 Å². The summed E-state index contributed by atoms with van der Waals surface area (Å²) in [5.74, 6) is -0.774. The summed E-state index contributed by atoms with van der Waals surface area (Å²) in [7, 11) is 0. The molecular formula is C18H17Cl2FN2O2. The first-order chi connectivity index (χ1) is 12.0. The minimum atomic E-state index is -0.771. The maximum Gasteiger partial charge on any atom is 0.359 e. The zero-order valence-electron chi connectivity index (χ0n) is 13.5. The number of esters is 1. The number of halogens is 3. The van der Waals surface area contributed by atoms with Gasteiger partial charge in [0.2, 0.25) is 0 Å². The molecule has 0 amide bonds. The molecule has 0 saturated heterocycles. The van der Waals surface area contributed by atoms with Gasteiger partial charge in [0.1, 0.15) is 10.2 Å². The van der Waals surface area contributed by atoms with Crippen LogP contribution < -0.4 is 0 Å². The van der Waals surface area contributed by atoms with E-state index in [-0.39, 0.29) is 18.3 Å². The molecule has 132 valence electrons. The Balaban J connectivity index is 1.61. The molecule has 2 aliphatic carbocycles. The molecule has 0 radical (unpaired) electrons. The van der Waals surface area contributed by atoms with Crippen LogP contribution >= 0.6 is 23.2 Å². The second-order valence-electron chi connectivity index (χ2n) is 6.63. The summed E-state index contributed by atoms with van der Waals surface area (Å²) in [5, 5.41) is 4.48. The number of carbonyl (C=O) groups excluding carboxylic acids is 1. The van der Waals surface area contributed by atoms with E-state index in [1.165, 1.54) is 12.1 Å². The number of carbonyl (C=O) groups is 1. The van der Waals surface area contributed by atoms with Gasteiger partial charge in [0.25, 0.3) is 0 Å². The largest absolute Gasteiger partial charge is 0.460 e. The average molecular weight is 383 g/mol. The van der Waals surface area contributed by atoms with Crippen molar-refractivity contribution < 1.29 is 13.9 Å². The zero-order valence-corrected chi connectivity index (χ0v) is 15.0. The summed E-state index contributed by atoms with van der Waals surface area (Å²) in [4.78, 5) is 12.5. The molecule has 1 saturated carbocycles. The Morgan fingerprint density at radius 2 is 1.96 bits per heavy atom. The lowest BCUT2D eigenvalue weighted by molar-refractivity contribution is 0.0476. The van der Waals surface area contributed by atoms with Crippen LogP contribution in [-0.4, -0.2) is 26.7 Å². The summed E-state index contributed by atoms with van der Waals surface area (Å²) in [6.45, 7) is 0.198. The fourth-order valence-electron chi connectivity index (χ4n) is 3.25. The first-order valence-corrected chi connectivity index (χ1v) is 9.13. The van der Waals surface area contributed by atoms with Crippen molar-refractivity contribution in [3.8, 4) is 5.69 Å². The van der Waals surface area contributed by atoms with Crippen LogP contribution in [0.2, 0.25) is 0 Å². The second-order valence-corrected chi connectivity index (χ2v) is 8.17. The Hall–Kier alpha value is -1.59. The number of rotatable bonds is 4. The van der Waals surface area contributed by atoms with Crippen LogP contribution in [0.4, 0.5) is 4.39 Å². The number of hydrogen-bond acceptors (Lipinski definition) is 3. The van der Waals surface area contributed by atoms with Crippen molar-refractivity contribution in [1.29, 1.82) is 0 Å². The molecule has 0 bridgehead atoms. The third kappa shape index (κ3) is 3.27. The maximum atomic E-state index is 13.2. The van der Waals surface area contributed by atoms with Gasteiger partial charge in [0, 0.05) is 17.2 Å². The lowest BCUT2D eigenvalue weighted by atomic mass is 9.95. The van der Waals surface area contributed by atoms with E-state index >= 15 is 0 Å². The highest BCUT2D eigenvalue weighted by Gasteiger charge is 2.52. The minimum absolute atomic E-state index is 0.0187. The van der Waals surface area contributed by atoms with Crippen LogP contribution in [-0.2, 0) is 17.6 Å². The number of aromatic nitrogens is 2. The van der Waals surface area contributed by atoms with Gasteiger partial charge in [-0.3, -0.25) is 0 Å². The number of hydrogen-bond donors (Lipinski definition) is 0. The van der Waals surface area contributed by atoms with Crippen LogP contribution in [0, 0.1) is 11.7 Å². The van der Waals surface area contributed by atoms with E-state index in [1.807, 2.05) is 0 Å². The highest BCUT2D eigenvalue weighted by atomic mass is 35.5. The molecule has 1 heterocycles. The van der Waals surface area contributed by atoms with E-state index < -0.39 is 10.3 Å². The molecule has 0 spiro atoms. The number of nitrogens with zero attached hydrogens (tertiary/aromatic N) is 2. The van der Waals surface area contributed by atoms with Gasteiger partial charge in [-0.15, -0.1) is 23.2 Å². The standard InChI is InChI=1S/C18H17Cl2FN2O2/c19-18(20)9-11(18)10-25-17(24)16-14-3-1-2-4-15(14)23(22-16)13-7-5-12(21)6-8-13/h5-8,11H,1-4,9-10H2/t11-/m1/s1. The van der Waals surface area contributed by atoms with Crippen LogP contribution in [0.1, 0.15) is 41.0 Å². The van der Waals surface area contributed by atoms with E-state index in [9.17, 15) is 9.18 Å². The molecule has 1 atom stereocenters. The van der Waals surface area contributed by atoms with Crippen LogP contribution in [0.15, 0.2) is 24.3 Å². The van der Waals surface area contributed by atoms with Crippen molar-refractivity contribution in [2.24, 2.45) is 5.92 Å². The smallest absolute Gasteiger partial charge is 0.359 e. The van der Waals surface area contributed by atoms with Crippen molar-refractivity contribution in [3.63, 3.8) is 0 Å². The van der Waals surface area contributed by atoms with Gasteiger partial charge < -0.3 is 4.74 Å².